The van der Waals surface area contributed by atoms with E-state index in [1.807, 2.05) is 0 Å². The molecule has 0 bridgehead atoms. The van der Waals surface area contributed by atoms with Gasteiger partial charge in [-0.3, -0.25) is 0 Å². The standard InChI is InChI=1S/C11H12ClFN4O/c12-9-2-1-3-10(11(9)13)14-6-8-7-17(4-5-18)16-15-8/h1-3,7,14,18H,4-6H2. The lowest BCUT2D eigenvalue weighted by atomic mass is 10.3. The Bertz CT molecular complexity index is 532. The SMILES string of the molecule is OCCn1cc(CNc2cccc(Cl)c2F)nn1. The number of aromatic nitrogens is 3. The van der Waals surface area contributed by atoms with Gasteiger partial charge in [-0.25, -0.2) is 9.07 Å². The molecule has 0 aliphatic rings. The number of aliphatic hydroxyl groups is 1. The van der Waals surface area contributed by atoms with Gasteiger partial charge in [0.2, 0.25) is 0 Å². The van der Waals surface area contributed by atoms with Crippen LogP contribution >= 0.6 is 11.6 Å². The van der Waals surface area contributed by atoms with Crippen LogP contribution in [0.4, 0.5) is 10.1 Å². The third-order valence-corrected chi connectivity index (χ3v) is 2.62. The van der Waals surface area contributed by atoms with E-state index >= 15 is 0 Å². The smallest absolute Gasteiger partial charge is 0.164 e. The van der Waals surface area contributed by atoms with Crippen LogP contribution in [-0.2, 0) is 13.1 Å². The Labute approximate surface area is 108 Å². The zero-order chi connectivity index (χ0) is 13.0. The van der Waals surface area contributed by atoms with E-state index < -0.39 is 5.82 Å². The van der Waals surface area contributed by atoms with Crippen LogP contribution < -0.4 is 5.32 Å². The molecule has 2 aromatic rings. The predicted molar refractivity (Wildman–Crippen MR) is 65.8 cm³/mol. The molecule has 1 aromatic heterocycles. The summed E-state index contributed by atoms with van der Waals surface area (Å²) in [4.78, 5) is 0. The Hall–Kier alpha value is -1.66. The lowest BCUT2D eigenvalue weighted by molar-refractivity contribution is 0.268. The van der Waals surface area contributed by atoms with Crippen LogP contribution in [0.2, 0.25) is 5.02 Å². The molecule has 2 N–H and O–H groups in total. The fraction of sp³-hybridized carbons (Fsp3) is 0.273. The average Bonchev–Trinajstić information content (AvgIpc) is 2.79. The van der Waals surface area contributed by atoms with Gasteiger partial charge in [0.15, 0.2) is 5.82 Å². The van der Waals surface area contributed by atoms with E-state index in [9.17, 15) is 4.39 Å². The van der Waals surface area contributed by atoms with Crippen LogP contribution in [0.5, 0.6) is 0 Å². The summed E-state index contributed by atoms with van der Waals surface area (Å²) in [6.07, 6.45) is 1.69. The lowest BCUT2D eigenvalue weighted by Crippen LogP contribution is -2.03. The minimum atomic E-state index is -0.484. The molecule has 0 amide bonds. The number of rotatable bonds is 5. The molecular weight excluding hydrogens is 259 g/mol. The van der Waals surface area contributed by atoms with Crippen LogP contribution in [0.15, 0.2) is 24.4 Å². The second-order valence-corrected chi connectivity index (χ2v) is 4.06. The number of aliphatic hydroxyl groups excluding tert-OH is 1. The van der Waals surface area contributed by atoms with Crippen molar-refractivity contribution >= 4 is 17.3 Å². The molecule has 0 unspecified atom stereocenters. The summed E-state index contributed by atoms with van der Waals surface area (Å²) in [5.74, 6) is -0.484. The summed E-state index contributed by atoms with van der Waals surface area (Å²) >= 11 is 5.67. The predicted octanol–water partition coefficient (Wildman–Crippen LogP) is 1.68. The summed E-state index contributed by atoms with van der Waals surface area (Å²) in [5, 5.41) is 19.4. The van der Waals surface area contributed by atoms with Crippen molar-refractivity contribution in [3.05, 3.63) is 40.9 Å². The number of hydrogen-bond donors (Lipinski definition) is 2. The molecule has 18 heavy (non-hydrogen) atoms. The number of benzene rings is 1. The fourth-order valence-corrected chi connectivity index (χ4v) is 1.63. The molecule has 0 aliphatic carbocycles. The molecule has 0 saturated heterocycles. The van der Waals surface area contributed by atoms with Gasteiger partial charge in [0, 0.05) is 0 Å². The number of hydrogen-bond acceptors (Lipinski definition) is 4. The average molecular weight is 271 g/mol. The highest BCUT2D eigenvalue weighted by Crippen LogP contribution is 2.22. The molecular formula is C11H12ClFN4O. The van der Waals surface area contributed by atoms with E-state index in [-0.39, 0.29) is 11.6 Å². The van der Waals surface area contributed by atoms with Gasteiger partial charge in [-0.2, -0.15) is 0 Å². The van der Waals surface area contributed by atoms with Gasteiger partial charge in [-0.15, -0.1) is 5.10 Å². The molecule has 5 nitrogen and oxygen atoms in total. The number of halogens is 2. The Morgan fingerprint density at radius 1 is 1.44 bits per heavy atom. The Kier molecular flexibility index (Phi) is 4.11. The van der Waals surface area contributed by atoms with Crippen molar-refractivity contribution in [2.75, 3.05) is 11.9 Å². The monoisotopic (exact) mass is 270 g/mol. The summed E-state index contributed by atoms with van der Waals surface area (Å²) in [6, 6.07) is 4.75. The van der Waals surface area contributed by atoms with E-state index in [0.29, 0.717) is 24.5 Å². The first kappa shape index (κ1) is 12.8. The zero-order valence-corrected chi connectivity index (χ0v) is 10.2. The molecule has 0 spiro atoms. The van der Waals surface area contributed by atoms with E-state index in [2.05, 4.69) is 15.6 Å². The first-order chi connectivity index (χ1) is 8.70. The highest BCUT2D eigenvalue weighted by Gasteiger charge is 2.06. The van der Waals surface area contributed by atoms with Crippen molar-refractivity contribution in [3.8, 4) is 0 Å². The summed E-state index contributed by atoms with van der Waals surface area (Å²) in [7, 11) is 0. The second-order valence-electron chi connectivity index (χ2n) is 3.65. The van der Waals surface area contributed by atoms with Gasteiger partial charge in [0.1, 0.15) is 5.69 Å². The van der Waals surface area contributed by atoms with Crippen LogP contribution in [0.25, 0.3) is 0 Å². The summed E-state index contributed by atoms with van der Waals surface area (Å²) < 4.78 is 15.1. The molecule has 1 aromatic carbocycles. The molecule has 0 atom stereocenters. The van der Waals surface area contributed by atoms with E-state index in [0.717, 1.165) is 0 Å². The minimum Gasteiger partial charge on any atom is -0.394 e. The lowest BCUT2D eigenvalue weighted by Gasteiger charge is -2.06. The van der Waals surface area contributed by atoms with Gasteiger partial charge < -0.3 is 10.4 Å². The number of nitrogens with one attached hydrogen (secondary N) is 1. The van der Waals surface area contributed by atoms with Crippen molar-refractivity contribution in [2.45, 2.75) is 13.1 Å². The van der Waals surface area contributed by atoms with E-state index in [1.165, 1.54) is 10.7 Å². The molecule has 0 saturated carbocycles. The van der Waals surface area contributed by atoms with Crippen molar-refractivity contribution < 1.29 is 9.50 Å². The molecule has 1 heterocycles. The molecule has 0 radical (unpaired) electrons. The molecule has 2 rings (SSSR count). The topological polar surface area (TPSA) is 63.0 Å². The second kappa shape index (κ2) is 5.79. The van der Waals surface area contributed by atoms with Crippen LogP contribution in [0.3, 0.4) is 0 Å². The van der Waals surface area contributed by atoms with Crippen molar-refractivity contribution in [3.63, 3.8) is 0 Å². The Morgan fingerprint density at radius 3 is 3.06 bits per heavy atom. The third-order valence-electron chi connectivity index (χ3n) is 2.33. The van der Waals surface area contributed by atoms with Crippen LogP contribution in [-0.4, -0.2) is 26.7 Å². The van der Waals surface area contributed by atoms with E-state index in [1.54, 1.807) is 18.3 Å². The fourth-order valence-electron chi connectivity index (χ4n) is 1.46. The van der Waals surface area contributed by atoms with Crippen molar-refractivity contribution in [1.29, 1.82) is 0 Å². The largest absolute Gasteiger partial charge is 0.394 e. The highest BCUT2D eigenvalue weighted by molar-refractivity contribution is 6.31. The first-order valence-electron chi connectivity index (χ1n) is 5.38. The number of nitrogens with zero attached hydrogens (tertiary/aromatic N) is 3. The van der Waals surface area contributed by atoms with Gasteiger partial charge in [-0.1, -0.05) is 22.9 Å². The normalized spacial score (nSPS) is 10.6. The van der Waals surface area contributed by atoms with Gasteiger partial charge in [0.25, 0.3) is 0 Å². The quantitative estimate of drug-likeness (QED) is 0.868. The van der Waals surface area contributed by atoms with Crippen molar-refractivity contribution in [1.82, 2.24) is 15.0 Å². The minimum absolute atomic E-state index is 0.000843. The van der Waals surface area contributed by atoms with Crippen LogP contribution in [0, 0.1) is 5.82 Å². The molecule has 7 heteroatoms. The molecule has 96 valence electrons. The van der Waals surface area contributed by atoms with Crippen molar-refractivity contribution in [2.24, 2.45) is 0 Å². The highest BCUT2D eigenvalue weighted by atomic mass is 35.5. The summed E-state index contributed by atoms with van der Waals surface area (Å²) in [6.45, 7) is 0.723. The Balaban J connectivity index is 2.00. The molecule has 0 fully saturated rings. The molecule has 0 aliphatic heterocycles. The van der Waals surface area contributed by atoms with E-state index in [4.69, 9.17) is 16.7 Å². The first-order valence-corrected chi connectivity index (χ1v) is 5.76. The maximum absolute atomic E-state index is 13.6. The van der Waals surface area contributed by atoms with Crippen LogP contribution in [0.1, 0.15) is 5.69 Å². The maximum atomic E-state index is 13.6. The zero-order valence-electron chi connectivity index (χ0n) is 9.48. The van der Waals surface area contributed by atoms with Gasteiger partial charge in [0.05, 0.1) is 36.6 Å². The van der Waals surface area contributed by atoms with Gasteiger partial charge >= 0.3 is 0 Å². The number of anilines is 1. The Morgan fingerprint density at radius 2 is 2.28 bits per heavy atom. The third kappa shape index (κ3) is 2.96. The van der Waals surface area contributed by atoms with Gasteiger partial charge in [-0.05, 0) is 12.1 Å². The maximum Gasteiger partial charge on any atom is 0.164 e. The summed E-state index contributed by atoms with van der Waals surface area (Å²) in [5.41, 5.74) is 0.974.